The van der Waals surface area contributed by atoms with Gasteiger partial charge in [0, 0.05) is 17.2 Å². The van der Waals surface area contributed by atoms with Crippen molar-refractivity contribution in [2.75, 3.05) is 13.3 Å². The van der Waals surface area contributed by atoms with E-state index < -0.39 is 0 Å². The zero-order valence-electron chi connectivity index (χ0n) is 9.75. The van der Waals surface area contributed by atoms with Crippen molar-refractivity contribution in [3.63, 3.8) is 0 Å². The Morgan fingerprint density at radius 3 is 2.82 bits per heavy atom. The molecule has 5 heteroatoms. The minimum atomic E-state index is -0.183. The van der Waals surface area contributed by atoms with Gasteiger partial charge in [-0.2, -0.15) is 0 Å². The summed E-state index contributed by atoms with van der Waals surface area (Å²) in [6, 6.07) is 1.61. The largest absolute Gasteiger partial charge is 0.454 e. The Bertz CT molecular complexity index is 471. The van der Waals surface area contributed by atoms with E-state index in [-0.39, 0.29) is 25.0 Å². The van der Waals surface area contributed by atoms with Crippen LogP contribution in [0.15, 0.2) is 6.07 Å². The lowest BCUT2D eigenvalue weighted by Gasteiger charge is -2.15. The summed E-state index contributed by atoms with van der Waals surface area (Å²) in [5.74, 6) is 1.13. The molecule has 0 atom stereocenters. The molecule has 0 unspecified atom stereocenters. The molecule has 0 saturated heterocycles. The summed E-state index contributed by atoms with van der Waals surface area (Å²) in [6.45, 7) is 4.03. The van der Waals surface area contributed by atoms with E-state index in [1.165, 1.54) is 0 Å². The van der Waals surface area contributed by atoms with Crippen molar-refractivity contribution in [1.29, 1.82) is 0 Å². The number of carbonyl (C=O) groups is 1. The normalized spacial score (nSPS) is 13.2. The summed E-state index contributed by atoms with van der Waals surface area (Å²) >= 11 is 6.12. The molecule has 0 amide bonds. The van der Waals surface area contributed by atoms with Gasteiger partial charge in [0.1, 0.15) is 0 Å². The summed E-state index contributed by atoms with van der Waals surface area (Å²) in [5.41, 5.74) is 6.64. The molecule has 1 aromatic carbocycles. The highest BCUT2D eigenvalue weighted by Crippen LogP contribution is 2.44. The molecule has 2 rings (SSSR count). The van der Waals surface area contributed by atoms with E-state index in [2.05, 4.69) is 0 Å². The average molecular weight is 256 g/mol. The lowest BCUT2D eigenvalue weighted by atomic mass is 9.93. The van der Waals surface area contributed by atoms with Gasteiger partial charge in [0.25, 0.3) is 0 Å². The topological polar surface area (TPSA) is 61.6 Å². The van der Waals surface area contributed by atoms with E-state index in [9.17, 15) is 4.79 Å². The molecule has 0 saturated carbocycles. The van der Waals surface area contributed by atoms with Crippen molar-refractivity contribution in [3.05, 3.63) is 22.2 Å². The first-order valence-electron chi connectivity index (χ1n) is 5.41. The van der Waals surface area contributed by atoms with E-state index in [1.807, 2.05) is 13.8 Å². The third kappa shape index (κ3) is 1.98. The van der Waals surface area contributed by atoms with Crippen molar-refractivity contribution >= 4 is 17.4 Å². The fourth-order valence-corrected chi connectivity index (χ4v) is 2.28. The highest BCUT2D eigenvalue weighted by Gasteiger charge is 2.27. The van der Waals surface area contributed by atoms with E-state index in [4.69, 9.17) is 26.8 Å². The van der Waals surface area contributed by atoms with Gasteiger partial charge in [-0.1, -0.05) is 25.4 Å². The van der Waals surface area contributed by atoms with Crippen LogP contribution >= 0.6 is 11.6 Å². The summed E-state index contributed by atoms with van der Waals surface area (Å²) in [6.07, 6.45) is 0. The number of carbonyl (C=O) groups excluding carboxylic acids is 1. The quantitative estimate of drug-likeness (QED) is 0.842. The molecule has 1 aromatic rings. The van der Waals surface area contributed by atoms with Gasteiger partial charge in [0.2, 0.25) is 6.79 Å². The van der Waals surface area contributed by atoms with Crippen molar-refractivity contribution in [1.82, 2.24) is 0 Å². The second kappa shape index (κ2) is 4.55. The molecular weight excluding hydrogens is 242 g/mol. The smallest absolute Gasteiger partial charge is 0.231 e. The summed E-state index contributed by atoms with van der Waals surface area (Å²) < 4.78 is 10.7. The van der Waals surface area contributed by atoms with Gasteiger partial charge >= 0.3 is 0 Å². The van der Waals surface area contributed by atoms with Crippen molar-refractivity contribution in [2.45, 2.75) is 19.8 Å². The molecule has 0 fully saturated rings. The molecular formula is C12H14ClNO3. The molecule has 4 nitrogen and oxygen atoms in total. The van der Waals surface area contributed by atoms with Crippen molar-refractivity contribution in [2.24, 2.45) is 5.73 Å². The zero-order valence-corrected chi connectivity index (χ0v) is 10.5. The standard InChI is InChI=1S/C12H14ClNO3/c1-6(2)10-11(8(15)4-14)7(13)3-9-12(10)17-5-16-9/h3,6H,4-5,14H2,1-2H3. The molecule has 0 radical (unpaired) electrons. The molecule has 17 heavy (non-hydrogen) atoms. The van der Waals surface area contributed by atoms with E-state index in [0.717, 1.165) is 5.56 Å². The van der Waals surface area contributed by atoms with Gasteiger partial charge < -0.3 is 15.2 Å². The van der Waals surface area contributed by atoms with Crippen LogP contribution < -0.4 is 15.2 Å². The highest BCUT2D eigenvalue weighted by atomic mass is 35.5. The van der Waals surface area contributed by atoms with Crippen LogP contribution in [0.4, 0.5) is 0 Å². The van der Waals surface area contributed by atoms with Gasteiger partial charge in [0.05, 0.1) is 11.6 Å². The lowest BCUT2D eigenvalue weighted by molar-refractivity contribution is 0.0999. The Morgan fingerprint density at radius 2 is 2.24 bits per heavy atom. The maximum absolute atomic E-state index is 11.9. The molecule has 1 aliphatic rings. The Balaban J connectivity index is 2.69. The van der Waals surface area contributed by atoms with Gasteiger partial charge in [-0.05, 0) is 5.92 Å². The number of nitrogens with two attached hydrogens (primary N) is 1. The van der Waals surface area contributed by atoms with Crippen LogP contribution in [0.25, 0.3) is 0 Å². The number of hydrogen-bond acceptors (Lipinski definition) is 4. The van der Waals surface area contributed by atoms with Gasteiger partial charge in [-0.25, -0.2) is 0 Å². The third-order valence-electron chi connectivity index (χ3n) is 2.69. The van der Waals surface area contributed by atoms with E-state index in [1.54, 1.807) is 6.07 Å². The zero-order chi connectivity index (χ0) is 12.6. The number of rotatable bonds is 3. The predicted octanol–water partition coefficient (Wildman–Crippen LogP) is 2.33. The molecule has 92 valence electrons. The van der Waals surface area contributed by atoms with Crippen LogP contribution in [0.1, 0.15) is 35.7 Å². The molecule has 0 aromatic heterocycles. The van der Waals surface area contributed by atoms with Crippen LogP contribution in [0, 0.1) is 0 Å². The number of halogens is 1. The second-order valence-corrected chi connectivity index (χ2v) is 4.57. The number of fused-ring (bicyclic) bond motifs is 1. The Kier molecular flexibility index (Phi) is 3.26. The average Bonchev–Trinajstić information content (AvgIpc) is 2.73. The highest BCUT2D eigenvalue weighted by molar-refractivity contribution is 6.34. The van der Waals surface area contributed by atoms with Crippen LogP contribution in [-0.2, 0) is 0 Å². The van der Waals surface area contributed by atoms with Crippen molar-refractivity contribution < 1.29 is 14.3 Å². The van der Waals surface area contributed by atoms with E-state index >= 15 is 0 Å². The molecule has 0 aliphatic carbocycles. The van der Waals surface area contributed by atoms with Crippen molar-refractivity contribution in [3.8, 4) is 11.5 Å². The minimum absolute atomic E-state index is 0.0704. The van der Waals surface area contributed by atoms with Gasteiger partial charge in [-0.15, -0.1) is 0 Å². The lowest BCUT2D eigenvalue weighted by Crippen LogP contribution is -2.17. The molecule has 2 N–H and O–H groups in total. The van der Waals surface area contributed by atoms with Crippen LogP contribution in [0.3, 0.4) is 0 Å². The fourth-order valence-electron chi connectivity index (χ4n) is 1.97. The predicted molar refractivity (Wildman–Crippen MR) is 65.0 cm³/mol. The number of ether oxygens (including phenoxy) is 2. The molecule has 0 spiro atoms. The Labute approximate surface area is 105 Å². The summed E-state index contributed by atoms with van der Waals surface area (Å²) in [7, 11) is 0. The van der Waals surface area contributed by atoms with Crippen LogP contribution in [0.2, 0.25) is 5.02 Å². The first kappa shape index (κ1) is 12.2. The Hall–Kier alpha value is -1.26. The Morgan fingerprint density at radius 1 is 1.53 bits per heavy atom. The van der Waals surface area contributed by atoms with Crippen LogP contribution in [-0.4, -0.2) is 19.1 Å². The third-order valence-corrected chi connectivity index (χ3v) is 2.99. The second-order valence-electron chi connectivity index (χ2n) is 4.16. The number of hydrogen-bond donors (Lipinski definition) is 1. The van der Waals surface area contributed by atoms with Crippen LogP contribution in [0.5, 0.6) is 11.5 Å². The molecule has 1 aliphatic heterocycles. The number of benzene rings is 1. The minimum Gasteiger partial charge on any atom is -0.454 e. The molecule has 0 bridgehead atoms. The maximum Gasteiger partial charge on any atom is 0.231 e. The first-order valence-corrected chi connectivity index (χ1v) is 5.79. The number of ketones is 1. The summed E-state index contributed by atoms with van der Waals surface area (Å²) in [4.78, 5) is 11.9. The fraction of sp³-hybridized carbons (Fsp3) is 0.417. The monoisotopic (exact) mass is 255 g/mol. The SMILES string of the molecule is CC(C)c1c2c(cc(Cl)c1C(=O)CN)OCO2. The maximum atomic E-state index is 11.9. The van der Waals surface area contributed by atoms with Gasteiger partial charge in [-0.3, -0.25) is 4.79 Å². The summed E-state index contributed by atoms with van der Waals surface area (Å²) in [5, 5.41) is 0.369. The number of Topliss-reactive ketones (excluding diaryl/α,β-unsaturated/α-hetero) is 1. The van der Waals surface area contributed by atoms with Gasteiger partial charge in [0.15, 0.2) is 17.3 Å². The van der Waals surface area contributed by atoms with E-state index in [0.29, 0.717) is 22.1 Å². The first-order chi connectivity index (χ1) is 8.06. The molecule has 1 heterocycles.